The average Bonchev–Trinajstić information content (AvgIpc) is 3.13. The molecule has 4 rings (SSSR count). The number of Topliss-reactive ketones (excluding diaryl/α,β-unsaturated/α-hetero) is 1. The van der Waals surface area contributed by atoms with Crippen LogP contribution in [0.1, 0.15) is 24.1 Å². The molecule has 8 nitrogen and oxygen atoms in total. The van der Waals surface area contributed by atoms with Gasteiger partial charge in [-0.2, -0.15) is 0 Å². The Bertz CT molecular complexity index is 1330. The largest absolute Gasteiger partial charge is 0.507 e. The van der Waals surface area contributed by atoms with Crippen molar-refractivity contribution in [2.75, 3.05) is 24.4 Å². The lowest BCUT2D eigenvalue weighted by molar-refractivity contribution is -0.132. The van der Waals surface area contributed by atoms with Crippen molar-refractivity contribution in [2.45, 2.75) is 13.0 Å². The average molecular weight is 472 g/mol. The van der Waals surface area contributed by atoms with Crippen LogP contribution in [0.5, 0.6) is 11.5 Å². The topological polar surface area (TPSA) is 105 Å². The van der Waals surface area contributed by atoms with Gasteiger partial charge in [-0.3, -0.25) is 19.3 Å². The molecule has 1 aliphatic heterocycles. The van der Waals surface area contributed by atoms with E-state index in [1.165, 1.54) is 26.0 Å². The van der Waals surface area contributed by atoms with E-state index in [0.717, 1.165) is 0 Å². The van der Waals surface area contributed by atoms with Crippen LogP contribution in [0.3, 0.4) is 0 Å². The number of aliphatic hydroxyl groups excluding tert-OH is 1. The van der Waals surface area contributed by atoms with E-state index in [0.29, 0.717) is 34.0 Å². The Balaban J connectivity index is 1.92. The summed E-state index contributed by atoms with van der Waals surface area (Å²) in [7, 11) is 2.99. The van der Waals surface area contributed by atoms with Gasteiger partial charge in [0.05, 0.1) is 25.8 Å². The first kappa shape index (κ1) is 23.6. The fourth-order valence-electron chi connectivity index (χ4n) is 4.12. The van der Waals surface area contributed by atoms with E-state index in [1.54, 1.807) is 72.8 Å². The molecule has 0 radical (unpaired) electrons. The van der Waals surface area contributed by atoms with E-state index in [2.05, 4.69) is 5.32 Å². The third-order valence-corrected chi connectivity index (χ3v) is 5.69. The number of benzene rings is 3. The zero-order chi connectivity index (χ0) is 25.1. The molecule has 0 spiro atoms. The number of aliphatic hydroxyl groups is 1. The van der Waals surface area contributed by atoms with Gasteiger partial charge in [0.2, 0.25) is 5.91 Å². The number of nitrogens with one attached hydrogen (secondary N) is 1. The van der Waals surface area contributed by atoms with Gasteiger partial charge in [-0.25, -0.2) is 0 Å². The third kappa shape index (κ3) is 4.46. The second kappa shape index (κ2) is 9.72. The summed E-state index contributed by atoms with van der Waals surface area (Å²) in [6, 6.07) is 19.2. The molecule has 178 valence electrons. The van der Waals surface area contributed by atoms with Crippen molar-refractivity contribution in [3.8, 4) is 11.5 Å². The molecule has 1 atom stereocenters. The lowest BCUT2D eigenvalue weighted by Crippen LogP contribution is -2.29. The highest BCUT2D eigenvalue weighted by atomic mass is 16.5. The van der Waals surface area contributed by atoms with Crippen LogP contribution in [-0.4, -0.2) is 36.9 Å². The fraction of sp³-hybridized carbons (Fsp3) is 0.148. The predicted octanol–water partition coefficient (Wildman–Crippen LogP) is 4.29. The van der Waals surface area contributed by atoms with Gasteiger partial charge in [0.15, 0.2) is 0 Å². The standard InChI is InChI=1S/C27H24N2O6/c1-16(30)28-18-11-13-19(14-12-18)29-24(21-9-4-5-10-22(21)35-3)23(26(32)27(29)33)25(31)17-7-6-8-20(15-17)34-2/h4-15,24,31H,1-3H3,(H,28,30)/b25-23-. The highest BCUT2D eigenvalue weighted by molar-refractivity contribution is 6.51. The molecule has 1 aliphatic rings. The number of amides is 2. The minimum atomic E-state index is -0.955. The Hall–Kier alpha value is -4.59. The van der Waals surface area contributed by atoms with E-state index >= 15 is 0 Å². The Morgan fingerprint density at radius 1 is 0.943 bits per heavy atom. The quantitative estimate of drug-likeness (QED) is 0.315. The molecule has 0 aliphatic carbocycles. The van der Waals surface area contributed by atoms with Gasteiger partial charge in [0.1, 0.15) is 17.3 Å². The molecule has 3 aromatic rings. The SMILES string of the molecule is COc1cccc(/C(O)=C2/C(=O)C(=O)N(c3ccc(NC(C)=O)cc3)C2c2ccccc2OC)c1. The summed E-state index contributed by atoms with van der Waals surface area (Å²) in [6.45, 7) is 1.40. The van der Waals surface area contributed by atoms with Crippen molar-refractivity contribution in [2.24, 2.45) is 0 Å². The number of carbonyl (C=O) groups excluding carboxylic acids is 3. The second-order valence-electron chi connectivity index (χ2n) is 7.87. The number of rotatable bonds is 6. The van der Waals surface area contributed by atoms with E-state index in [4.69, 9.17) is 9.47 Å². The molecule has 35 heavy (non-hydrogen) atoms. The van der Waals surface area contributed by atoms with Crippen LogP contribution in [0.15, 0.2) is 78.4 Å². The minimum absolute atomic E-state index is 0.0707. The zero-order valence-electron chi connectivity index (χ0n) is 19.4. The van der Waals surface area contributed by atoms with Crippen molar-refractivity contribution in [1.82, 2.24) is 0 Å². The molecular formula is C27H24N2O6. The van der Waals surface area contributed by atoms with E-state index in [-0.39, 0.29) is 17.2 Å². The van der Waals surface area contributed by atoms with E-state index < -0.39 is 17.7 Å². The monoisotopic (exact) mass is 472 g/mol. The lowest BCUT2D eigenvalue weighted by atomic mass is 9.94. The predicted molar refractivity (Wildman–Crippen MR) is 132 cm³/mol. The highest BCUT2D eigenvalue weighted by Crippen LogP contribution is 2.45. The van der Waals surface area contributed by atoms with E-state index in [9.17, 15) is 19.5 Å². The molecule has 2 amide bonds. The van der Waals surface area contributed by atoms with Crippen molar-refractivity contribution >= 4 is 34.7 Å². The van der Waals surface area contributed by atoms with Gasteiger partial charge in [-0.15, -0.1) is 0 Å². The van der Waals surface area contributed by atoms with Crippen molar-refractivity contribution < 1.29 is 29.0 Å². The number of ether oxygens (including phenoxy) is 2. The first-order valence-corrected chi connectivity index (χ1v) is 10.8. The molecule has 1 heterocycles. The summed E-state index contributed by atoms with van der Waals surface area (Å²) < 4.78 is 10.8. The summed E-state index contributed by atoms with van der Waals surface area (Å²) in [5.74, 6) is -1.23. The van der Waals surface area contributed by atoms with Crippen molar-refractivity contribution in [3.63, 3.8) is 0 Å². The van der Waals surface area contributed by atoms with Gasteiger partial charge < -0.3 is 19.9 Å². The molecule has 1 unspecified atom stereocenters. The smallest absolute Gasteiger partial charge is 0.300 e. The lowest BCUT2D eigenvalue weighted by Gasteiger charge is -2.26. The number of nitrogens with zero attached hydrogens (tertiary/aromatic N) is 1. The van der Waals surface area contributed by atoms with Gasteiger partial charge in [0, 0.05) is 29.4 Å². The molecule has 0 bridgehead atoms. The Morgan fingerprint density at radius 2 is 1.66 bits per heavy atom. The van der Waals surface area contributed by atoms with E-state index in [1.807, 2.05) is 0 Å². The second-order valence-corrected chi connectivity index (χ2v) is 7.87. The van der Waals surface area contributed by atoms with Crippen molar-refractivity contribution in [3.05, 3.63) is 89.5 Å². The molecule has 0 saturated carbocycles. The summed E-state index contributed by atoms with van der Waals surface area (Å²) in [6.07, 6.45) is 0. The van der Waals surface area contributed by atoms with Crippen LogP contribution in [-0.2, 0) is 14.4 Å². The number of hydrogen-bond acceptors (Lipinski definition) is 6. The summed E-state index contributed by atoms with van der Waals surface area (Å²) in [5.41, 5.74) is 1.76. The Morgan fingerprint density at radius 3 is 2.31 bits per heavy atom. The highest BCUT2D eigenvalue weighted by Gasteiger charge is 2.47. The van der Waals surface area contributed by atoms with Crippen LogP contribution >= 0.6 is 0 Å². The summed E-state index contributed by atoms with van der Waals surface area (Å²) in [4.78, 5) is 39.3. The number of carbonyl (C=O) groups is 3. The zero-order valence-corrected chi connectivity index (χ0v) is 19.4. The summed E-state index contributed by atoms with van der Waals surface area (Å²) >= 11 is 0. The molecule has 1 saturated heterocycles. The normalized spacial score (nSPS) is 16.8. The fourth-order valence-corrected chi connectivity index (χ4v) is 4.12. The van der Waals surface area contributed by atoms with Crippen molar-refractivity contribution in [1.29, 1.82) is 0 Å². The maximum absolute atomic E-state index is 13.3. The van der Waals surface area contributed by atoms with Gasteiger partial charge in [-0.1, -0.05) is 30.3 Å². The Labute approximate surface area is 202 Å². The first-order chi connectivity index (χ1) is 16.8. The third-order valence-electron chi connectivity index (χ3n) is 5.69. The number of anilines is 2. The number of ketones is 1. The molecule has 3 aromatic carbocycles. The molecule has 2 N–H and O–H groups in total. The van der Waals surface area contributed by atoms with Crippen LogP contribution in [0, 0.1) is 0 Å². The molecule has 1 fully saturated rings. The minimum Gasteiger partial charge on any atom is -0.507 e. The Kier molecular flexibility index (Phi) is 6.55. The number of hydrogen-bond donors (Lipinski definition) is 2. The summed E-state index contributed by atoms with van der Waals surface area (Å²) in [5, 5.41) is 13.9. The van der Waals surface area contributed by atoms with Crippen LogP contribution in [0.25, 0.3) is 5.76 Å². The van der Waals surface area contributed by atoms with Crippen LogP contribution < -0.4 is 19.7 Å². The van der Waals surface area contributed by atoms with Gasteiger partial charge >= 0.3 is 0 Å². The number of para-hydroxylation sites is 1. The maximum Gasteiger partial charge on any atom is 0.300 e. The van der Waals surface area contributed by atoms with Crippen LogP contribution in [0.4, 0.5) is 11.4 Å². The number of methoxy groups -OCH3 is 2. The van der Waals surface area contributed by atoms with Crippen LogP contribution in [0.2, 0.25) is 0 Å². The molecular weight excluding hydrogens is 448 g/mol. The molecule has 0 aromatic heterocycles. The van der Waals surface area contributed by atoms with Gasteiger partial charge in [-0.05, 0) is 42.5 Å². The first-order valence-electron chi connectivity index (χ1n) is 10.8. The molecule has 8 heteroatoms. The maximum atomic E-state index is 13.3. The van der Waals surface area contributed by atoms with Gasteiger partial charge in [0.25, 0.3) is 11.7 Å².